The Morgan fingerprint density at radius 2 is 2.43 bits per heavy atom. The van der Waals surface area contributed by atoms with Crippen molar-refractivity contribution in [3.05, 3.63) is 16.0 Å². The van der Waals surface area contributed by atoms with Gasteiger partial charge in [-0.3, -0.25) is 0 Å². The summed E-state index contributed by atoms with van der Waals surface area (Å²) in [6.45, 7) is 0. The van der Waals surface area contributed by atoms with Crippen molar-refractivity contribution in [3.8, 4) is 0 Å². The van der Waals surface area contributed by atoms with Gasteiger partial charge in [-0.1, -0.05) is 11.6 Å². The molecule has 1 aromatic rings. The summed E-state index contributed by atoms with van der Waals surface area (Å²) in [6, 6.07) is 0.502. The normalized spacial score (nSPS) is 21.1. The summed E-state index contributed by atoms with van der Waals surface area (Å²) in [6.07, 6.45) is 2.65. The predicted molar refractivity (Wildman–Crippen MR) is 64.1 cm³/mol. The monoisotopic (exact) mass is 293 g/mol. The van der Waals surface area contributed by atoms with E-state index in [1.165, 1.54) is 18.5 Å². The molecule has 1 aromatic heterocycles. The molecular weight excluding hydrogens is 286 g/mol. The fourth-order valence-electron chi connectivity index (χ4n) is 1.29. The van der Waals surface area contributed by atoms with Crippen molar-refractivity contribution >= 4 is 45.1 Å². The number of aromatic nitrogens is 2. The van der Waals surface area contributed by atoms with E-state index in [-0.39, 0.29) is 0 Å². The Morgan fingerprint density at radius 1 is 1.57 bits per heavy atom. The van der Waals surface area contributed by atoms with Crippen molar-refractivity contribution in [2.24, 2.45) is 0 Å². The zero-order chi connectivity index (χ0) is 9.97. The summed E-state index contributed by atoms with van der Waals surface area (Å²) < 4.78 is 0.749. The first-order chi connectivity index (χ1) is 6.77. The zero-order valence-electron chi connectivity index (χ0n) is 7.33. The minimum absolute atomic E-state index is 0.452. The van der Waals surface area contributed by atoms with E-state index in [0.29, 0.717) is 11.2 Å². The molecule has 14 heavy (non-hydrogen) atoms. The van der Waals surface area contributed by atoms with Gasteiger partial charge in [-0.25, -0.2) is 9.97 Å². The third kappa shape index (κ3) is 2.32. The number of nitrogens with zero attached hydrogens (tertiary/aromatic N) is 2. The first-order valence-electron chi connectivity index (χ1n) is 4.27. The van der Waals surface area contributed by atoms with Crippen LogP contribution in [-0.2, 0) is 0 Å². The van der Waals surface area contributed by atoms with Crippen LogP contribution in [0, 0.1) is 0 Å². The maximum atomic E-state index is 5.86. The average molecular weight is 295 g/mol. The average Bonchev–Trinajstić information content (AvgIpc) is 2.66. The SMILES string of the molecule is Clc1ncnc(NC2CCSC2)c1Br. The largest absolute Gasteiger partial charge is 0.365 e. The van der Waals surface area contributed by atoms with Gasteiger partial charge in [0.2, 0.25) is 0 Å². The molecule has 2 rings (SSSR count). The minimum atomic E-state index is 0.452. The van der Waals surface area contributed by atoms with Crippen molar-refractivity contribution in [3.63, 3.8) is 0 Å². The van der Waals surface area contributed by atoms with Gasteiger partial charge in [0.25, 0.3) is 0 Å². The molecule has 0 amide bonds. The lowest BCUT2D eigenvalue weighted by molar-refractivity contribution is 0.804. The van der Waals surface area contributed by atoms with E-state index in [4.69, 9.17) is 11.6 Å². The summed E-state index contributed by atoms with van der Waals surface area (Å²) in [4.78, 5) is 8.02. The second-order valence-corrected chi connectivity index (χ2v) is 5.33. The number of hydrogen-bond acceptors (Lipinski definition) is 4. The number of halogens is 2. The molecule has 1 unspecified atom stereocenters. The summed E-state index contributed by atoms with van der Waals surface area (Å²) in [5, 5.41) is 3.80. The molecule has 0 spiro atoms. The molecule has 0 bridgehead atoms. The second kappa shape index (κ2) is 4.68. The van der Waals surface area contributed by atoms with Crippen molar-refractivity contribution in [2.75, 3.05) is 16.8 Å². The Hall–Kier alpha value is 0. The van der Waals surface area contributed by atoms with Gasteiger partial charge < -0.3 is 5.32 Å². The molecule has 0 aromatic carbocycles. The third-order valence-electron chi connectivity index (χ3n) is 2.02. The van der Waals surface area contributed by atoms with Crippen LogP contribution in [0.2, 0.25) is 5.15 Å². The van der Waals surface area contributed by atoms with Crippen LogP contribution < -0.4 is 5.32 Å². The molecule has 1 saturated heterocycles. The maximum Gasteiger partial charge on any atom is 0.148 e. The van der Waals surface area contributed by atoms with Gasteiger partial charge in [0.15, 0.2) is 0 Å². The highest BCUT2D eigenvalue weighted by atomic mass is 79.9. The Kier molecular flexibility index (Phi) is 3.52. The quantitative estimate of drug-likeness (QED) is 0.851. The molecule has 0 radical (unpaired) electrons. The smallest absolute Gasteiger partial charge is 0.148 e. The van der Waals surface area contributed by atoms with Gasteiger partial charge in [-0.05, 0) is 28.1 Å². The lowest BCUT2D eigenvalue weighted by Gasteiger charge is -2.12. The zero-order valence-corrected chi connectivity index (χ0v) is 10.5. The highest BCUT2D eigenvalue weighted by Gasteiger charge is 2.17. The highest BCUT2D eigenvalue weighted by molar-refractivity contribution is 9.10. The summed E-state index contributed by atoms with van der Waals surface area (Å²) in [5.41, 5.74) is 0. The van der Waals surface area contributed by atoms with Crippen molar-refractivity contribution in [1.82, 2.24) is 9.97 Å². The number of hydrogen-bond donors (Lipinski definition) is 1. The second-order valence-electron chi connectivity index (χ2n) is 3.03. The van der Waals surface area contributed by atoms with Crippen LogP contribution in [0.4, 0.5) is 5.82 Å². The Balaban J connectivity index is 2.11. The molecule has 3 nitrogen and oxygen atoms in total. The lowest BCUT2D eigenvalue weighted by Crippen LogP contribution is -2.19. The molecule has 1 N–H and O–H groups in total. The van der Waals surface area contributed by atoms with Crippen molar-refractivity contribution < 1.29 is 0 Å². The summed E-state index contributed by atoms with van der Waals surface area (Å²) in [7, 11) is 0. The van der Waals surface area contributed by atoms with E-state index in [1.807, 2.05) is 11.8 Å². The molecule has 1 aliphatic heterocycles. The lowest BCUT2D eigenvalue weighted by atomic mass is 10.2. The van der Waals surface area contributed by atoms with E-state index in [1.54, 1.807) is 0 Å². The van der Waals surface area contributed by atoms with Crippen LogP contribution in [0.5, 0.6) is 0 Å². The first-order valence-corrected chi connectivity index (χ1v) is 6.60. The molecular formula is C8H9BrClN3S. The minimum Gasteiger partial charge on any atom is -0.365 e. The summed E-state index contributed by atoms with van der Waals surface area (Å²) in [5.74, 6) is 3.14. The Labute approximate surface area is 100 Å². The Bertz CT molecular complexity index is 330. The number of anilines is 1. The van der Waals surface area contributed by atoms with Gasteiger partial charge in [0.05, 0.1) is 4.47 Å². The highest BCUT2D eigenvalue weighted by Crippen LogP contribution is 2.28. The number of thioether (sulfide) groups is 1. The molecule has 0 aliphatic carbocycles. The van der Waals surface area contributed by atoms with E-state index < -0.39 is 0 Å². The number of rotatable bonds is 2. The van der Waals surface area contributed by atoms with Crippen LogP contribution in [0.3, 0.4) is 0 Å². The van der Waals surface area contributed by atoms with Crippen LogP contribution in [0.1, 0.15) is 6.42 Å². The molecule has 0 saturated carbocycles. The van der Waals surface area contributed by atoms with E-state index in [9.17, 15) is 0 Å². The summed E-state index contributed by atoms with van der Waals surface area (Å²) >= 11 is 11.2. The molecule has 1 fully saturated rings. The molecule has 2 heterocycles. The van der Waals surface area contributed by atoms with E-state index >= 15 is 0 Å². The van der Waals surface area contributed by atoms with Crippen LogP contribution in [-0.4, -0.2) is 27.5 Å². The van der Waals surface area contributed by atoms with Gasteiger partial charge in [0, 0.05) is 11.8 Å². The van der Waals surface area contributed by atoms with Gasteiger partial charge in [0.1, 0.15) is 17.3 Å². The number of nitrogens with one attached hydrogen (secondary N) is 1. The van der Waals surface area contributed by atoms with Gasteiger partial charge in [-0.15, -0.1) is 0 Å². The first kappa shape index (κ1) is 10.5. The van der Waals surface area contributed by atoms with Crippen LogP contribution in [0.15, 0.2) is 10.8 Å². The maximum absolute atomic E-state index is 5.86. The van der Waals surface area contributed by atoms with Crippen molar-refractivity contribution in [2.45, 2.75) is 12.5 Å². The van der Waals surface area contributed by atoms with E-state index in [0.717, 1.165) is 16.0 Å². The fraction of sp³-hybridized carbons (Fsp3) is 0.500. The molecule has 1 atom stereocenters. The Morgan fingerprint density at radius 3 is 3.14 bits per heavy atom. The van der Waals surface area contributed by atoms with Gasteiger partial charge in [-0.2, -0.15) is 11.8 Å². The molecule has 1 aliphatic rings. The predicted octanol–water partition coefficient (Wildman–Crippen LogP) is 2.81. The fourth-order valence-corrected chi connectivity index (χ4v) is 2.90. The van der Waals surface area contributed by atoms with E-state index in [2.05, 4.69) is 31.2 Å². The standard InChI is InChI=1S/C8H9BrClN3S/c9-6-7(10)11-4-12-8(6)13-5-1-2-14-3-5/h4-5H,1-3H2,(H,11,12,13). The topological polar surface area (TPSA) is 37.8 Å². The molecule has 6 heteroatoms. The van der Waals surface area contributed by atoms with Crippen molar-refractivity contribution in [1.29, 1.82) is 0 Å². The third-order valence-corrected chi connectivity index (χ3v) is 4.45. The van der Waals surface area contributed by atoms with Crippen LogP contribution >= 0.6 is 39.3 Å². The van der Waals surface area contributed by atoms with Crippen LogP contribution in [0.25, 0.3) is 0 Å². The van der Waals surface area contributed by atoms with Gasteiger partial charge >= 0.3 is 0 Å². The molecule has 76 valence electrons.